The molecule has 2 bridgehead atoms. The number of para-hydroxylation sites is 1. The van der Waals surface area contributed by atoms with Crippen LogP contribution in [0, 0.1) is 17.3 Å². The van der Waals surface area contributed by atoms with Crippen molar-refractivity contribution in [3.63, 3.8) is 0 Å². The van der Waals surface area contributed by atoms with Crippen LogP contribution >= 0.6 is 0 Å². The van der Waals surface area contributed by atoms with Crippen LogP contribution in [0.15, 0.2) is 24.3 Å². The van der Waals surface area contributed by atoms with Gasteiger partial charge in [-0.05, 0) is 50.2 Å². The molecule has 0 radical (unpaired) electrons. The van der Waals surface area contributed by atoms with Gasteiger partial charge >= 0.3 is 5.97 Å². The van der Waals surface area contributed by atoms with Gasteiger partial charge in [0.25, 0.3) is 5.91 Å². The fraction of sp³-hybridized carbons (Fsp3) is 0.579. The average molecular weight is 328 g/mol. The van der Waals surface area contributed by atoms with Crippen LogP contribution in [0.3, 0.4) is 0 Å². The van der Waals surface area contributed by atoms with Crippen molar-refractivity contribution in [1.82, 2.24) is 5.32 Å². The molecule has 5 rings (SSSR count). The quantitative estimate of drug-likeness (QED) is 0.819. The van der Waals surface area contributed by atoms with Crippen LogP contribution in [-0.2, 0) is 9.53 Å². The second-order valence-electron chi connectivity index (χ2n) is 7.70. The molecule has 1 amide bonds. The second kappa shape index (κ2) is 5.23. The Hall–Kier alpha value is -2.04. The lowest BCUT2D eigenvalue weighted by atomic mass is 9.51. The van der Waals surface area contributed by atoms with Gasteiger partial charge in [-0.3, -0.25) is 9.59 Å². The van der Waals surface area contributed by atoms with Gasteiger partial charge in [0.2, 0.25) is 0 Å². The van der Waals surface area contributed by atoms with Crippen LogP contribution in [-0.4, -0.2) is 24.1 Å². The van der Waals surface area contributed by atoms with Gasteiger partial charge in [-0.25, -0.2) is 0 Å². The van der Waals surface area contributed by atoms with Gasteiger partial charge < -0.3 is 15.4 Å². The normalized spacial score (nSPS) is 36.7. The van der Waals surface area contributed by atoms with E-state index >= 15 is 0 Å². The monoisotopic (exact) mass is 328 g/mol. The third-order valence-corrected chi connectivity index (χ3v) is 6.24. The van der Waals surface area contributed by atoms with Crippen LogP contribution < -0.4 is 10.6 Å². The molecule has 3 fully saturated rings. The van der Waals surface area contributed by atoms with Gasteiger partial charge in [-0.2, -0.15) is 0 Å². The minimum absolute atomic E-state index is 0.0202. The SMILES string of the molecule is CCOC(=O)[C@@H]1C[C@@H]2CC[C@]1(C)C[C@]21NC(=O)c2ccccc2N1. The molecule has 24 heavy (non-hydrogen) atoms. The number of fused-ring (bicyclic) bond motifs is 3. The number of carbonyl (C=O) groups is 2. The summed E-state index contributed by atoms with van der Waals surface area (Å²) in [6.07, 6.45) is 3.54. The molecule has 0 unspecified atom stereocenters. The summed E-state index contributed by atoms with van der Waals surface area (Å²) in [5, 5.41) is 6.84. The largest absolute Gasteiger partial charge is 0.466 e. The number of esters is 1. The molecule has 1 heterocycles. The maximum atomic E-state index is 12.6. The number of benzene rings is 1. The summed E-state index contributed by atoms with van der Waals surface area (Å²) in [6, 6.07) is 7.63. The first-order valence-electron chi connectivity index (χ1n) is 8.84. The van der Waals surface area contributed by atoms with E-state index < -0.39 is 5.66 Å². The van der Waals surface area contributed by atoms with E-state index in [0.29, 0.717) is 12.2 Å². The highest BCUT2D eigenvalue weighted by atomic mass is 16.5. The Balaban J connectivity index is 1.66. The molecular formula is C19H24N2O3. The molecule has 1 aliphatic heterocycles. The highest BCUT2D eigenvalue weighted by Gasteiger charge is 2.60. The lowest BCUT2D eigenvalue weighted by molar-refractivity contribution is -0.163. The minimum atomic E-state index is -0.443. The number of amides is 1. The van der Waals surface area contributed by atoms with Crippen molar-refractivity contribution in [2.75, 3.05) is 11.9 Å². The van der Waals surface area contributed by atoms with Crippen LogP contribution in [0.25, 0.3) is 0 Å². The Bertz CT molecular complexity index is 704. The summed E-state index contributed by atoms with van der Waals surface area (Å²) < 4.78 is 5.31. The number of rotatable bonds is 2. The van der Waals surface area contributed by atoms with E-state index in [1.165, 1.54) is 0 Å². The zero-order valence-electron chi connectivity index (χ0n) is 14.2. The number of anilines is 1. The smallest absolute Gasteiger partial charge is 0.309 e. The molecule has 2 N–H and O–H groups in total. The summed E-state index contributed by atoms with van der Waals surface area (Å²) in [7, 11) is 0. The first kappa shape index (κ1) is 15.5. The molecule has 1 spiro atoms. The van der Waals surface area contributed by atoms with E-state index in [1.54, 1.807) is 0 Å². The van der Waals surface area contributed by atoms with Crippen LogP contribution in [0.2, 0.25) is 0 Å². The van der Waals surface area contributed by atoms with E-state index in [2.05, 4.69) is 17.6 Å². The molecule has 0 aromatic heterocycles. The van der Waals surface area contributed by atoms with Gasteiger partial charge in [0.15, 0.2) is 0 Å². The Kier molecular flexibility index (Phi) is 3.37. The zero-order valence-corrected chi connectivity index (χ0v) is 14.2. The van der Waals surface area contributed by atoms with E-state index in [0.717, 1.165) is 31.4 Å². The van der Waals surface area contributed by atoms with Crippen molar-refractivity contribution in [3.05, 3.63) is 29.8 Å². The number of hydrogen-bond acceptors (Lipinski definition) is 4. The van der Waals surface area contributed by atoms with E-state index in [1.807, 2.05) is 31.2 Å². The van der Waals surface area contributed by atoms with Crippen molar-refractivity contribution < 1.29 is 14.3 Å². The van der Waals surface area contributed by atoms with Gasteiger partial charge in [0.05, 0.1) is 18.1 Å². The zero-order chi connectivity index (χ0) is 16.9. The summed E-state index contributed by atoms with van der Waals surface area (Å²) in [5.41, 5.74) is 0.997. The lowest BCUT2D eigenvalue weighted by Crippen LogP contribution is -2.69. The molecule has 3 saturated carbocycles. The van der Waals surface area contributed by atoms with Crippen molar-refractivity contribution in [2.45, 2.75) is 45.2 Å². The summed E-state index contributed by atoms with van der Waals surface area (Å²) >= 11 is 0. The van der Waals surface area contributed by atoms with Crippen LogP contribution in [0.4, 0.5) is 5.69 Å². The summed E-state index contributed by atoms with van der Waals surface area (Å²) in [6.45, 7) is 4.44. The minimum Gasteiger partial charge on any atom is -0.466 e. The Morgan fingerprint density at radius 1 is 1.33 bits per heavy atom. The van der Waals surface area contributed by atoms with Crippen molar-refractivity contribution in [2.24, 2.45) is 17.3 Å². The first-order chi connectivity index (χ1) is 11.5. The van der Waals surface area contributed by atoms with Crippen molar-refractivity contribution in [3.8, 4) is 0 Å². The van der Waals surface area contributed by atoms with Gasteiger partial charge in [0, 0.05) is 11.6 Å². The molecule has 4 aliphatic rings. The lowest BCUT2D eigenvalue weighted by Gasteiger charge is -2.60. The molecule has 128 valence electrons. The standard InChI is InChI=1S/C19H24N2O3/c1-3-24-17(23)14-10-12-8-9-18(14,2)11-19(12)20-15-7-5-4-6-13(15)16(22)21-19/h4-7,12,14,20H,3,8-11H2,1-2H3,(H,21,22)/t12-,14-,18+,19-/m0/s1. The second-order valence-corrected chi connectivity index (χ2v) is 7.70. The maximum Gasteiger partial charge on any atom is 0.309 e. The highest BCUT2D eigenvalue weighted by molar-refractivity contribution is 6.02. The molecule has 1 aromatic rings. The molecule has 0 saturated heterocycles. The fourth-order valence-electron chi connectivity index (χ4n) is 5.05. The highest BCUT2D eigenvalue weighted by Crippen LogP contribution is 2.58. The van der Waals surface area contributed by atoms with Gasteiger partial charge in [-0.1, -0.05) is 19.1 Å². The summed E-state index contributed by atoms with van der Waals surface area (Å²) in [4.78, 5) is 25.0. The third-order valence-electron chi connectivity index (χ3n) is 6.24. The Morgan fingerprint density at radius 3 is 2.88 bits per heavy atom. The Morgan fingerprint density at radius 2 is 2.12 bits per heavy atom. The molecular weight excluding hydrogens is 304 g/mol. The molecule has 1 aromatic carbocycles. The topological polar surface area (TPSA) is 67.4 Å². The van der Waals surface area contributed by atoms with E-state index in [9.17, 15) is 9.59 Å². The number of nitrogens with one attached hydrogen (secondary N) is 2. The first-order valence-corrected chi connectivity index (χ1v) is 8.84. The predicted octanol–water partition coefficient (Wildman–Crippen LogP) is 2.93. The van der Waals surface area contributed by atoms with Crippen LogP contribution in [0.1, 0.15) is 49.9 Å². The van der Waals surface area contributed by atoms with Crippen LogP contribution in [0.5, 0.6) is 0 Å². The maximum absolute atomic E-state index is 12.6. The average Bonchev–Trinajstić information content (AvgIpc) is 2.54. The number of carbonyl (C=O) groups excluding carboxylic acids is 2. The van der Waals surface area contributed by atoms with E-state index in [4.69, 9.17) is 4.74 Å². The molecule has 4 atom stereocenters. The fourth-order valence-corrected chi connectivity index (χ4v) is 5.05. The van der Waals surface area contributed by atoms with E-state index in [-0.39, 0.29) is 29.1 Å². The number of hydrogen-bond donors (Lipinski definition) is 2. The molecule has 5 nitrogen and oxygen atoms in total. The van der Waals surface area contributed by atoms with Crippen molar-refractivity contribution >= 4 is 17.6 Å². The van der Waals surface area contributed by atoms with Crippen molar-refractivity contribution in [1.29, 1.82) is 0 Å². The Labute approximate surface area is 142 Å². The van der Waals surface area contributed by atoms with Gasteiger partial charge in [0.1, 0.15) is 5.66 Å². The summed E-state index contributed by atoms with van der Waals surface area (Å²) in [5.74, 6) is 0.0685. The third kappa shape index (κ3) is 2.14. The molecule has 5 heteroatoms. The molecule has 3 aliphatic carbocycles. The predicted molar refractivity (Wildman–Crippen MR) is 90.4 cm³/mol. The number of ether oxygens (including phenoxy) is 1. The van der Waals surface area contributed by atoms with Gasteiger partial charge in [-0.15, -0.1) is 0 Å².